The van der Waals surface area contributed by atoms with E-state index in [1.54, 1.807) is 0 Å². The molecule has 1 aliphatic heterocycles. The minimum atomic E-state index is 1.04. The Morgan fingerprint density at radius 1 is 0.737 bits per heavy atom. The van der Waals surface area contributed by atoms with E-state index in [2.05, 4.69) is 51.2 Å². The molecule has 0 spiro atoms. The predicted octanol–water partition coefficient (Wildman–Crippen LogP) is 0.271. The molecule has 1 aromatic rings. The average Bonchev–Trinajstić information content (AvgIpc) is 2.43. The van der Waals surface area contributed by atoms with E-state index in [0.717, 1.165) is 58.9 Å². The van der Waals surface area contributed by atoms with Crippen LogP contribution in [0.3, 0.4) is 0 Å². The largest absolute Gasteiger partial charge is 0.314 e. The smallest absolute Gasteiger partial charge is 0.0234 e. The number of hydrogen-bond donors (Lipinski definition) is 3. The van der Waals surface area contributed by atoms with Crippen LogP contribution in [-0.4, -0.2) is 57.3 Å². The molecule has 0 bridgehead atoms. The van der Waals surface area contributed by atoms with Gasteiger partial charge in [-0.25, -0.2) is 0 Å². The molecule has 106 valence electrons. The van der Waals surface area contributed by atoms with Crippen LogP contribution in [0.25, 0.3) is 0 Å². The van der Waals surface area contributed by atoms with E-state index in [1.807, 2.05) is 0 Å². The Hall–Kier alpha value is -0.940. The number of hydrogen-bond acceptors (Lipinski definition) is 4. The van der Waals surface area contributed by atoms with Crippen molar-refractivity contribution in [3.8, 4) is 0 Å². The van der Waals surface area contributed by atoms with Crippen LogP contribution in [0.2, 0.25) is 0 Å². The van der Waals surface area contributed by atoms with Gasteiger partial charge in [-0.15, -0.1) is 0 Å². The van der Waals surface area contributed by atoms with Gasteiger partial charge < -0.3 is 16.0 Å². The maximum atomic E-state index is 3.49. The van der Waals surface area contributed by atoms with Gasteiger partial charge >= 0.3 is 0 Å². The molecular weight excluding hydrogens is 236 g/mol. The fourth-order valence-electron chi connectivity index (χ4n) is 2.31. The van der Waals surface area contributed by atoms with Crippen molar-refractivity contribution in [2.45, 2.75) is 6.54 Å². The summed E-state index contributed by atoms with van der Waals surface area (Å²) in [5.41, 5.74) is 1.40. The second-order valence-corrected chi connectivity index (χ2v) is 5.01. The number of benzene rings is 1. The van der Waals surface area contributed by atoms with Crippen molar-refractivity contribution in [3.05, 3.63) is 35.9 Å². The van der Waals surface area contributed by atoms with Gasteiger partial charge in [0.05, 0.1) is 0 Å². The first-order valence-corrected chi connectivity index (χ1v) is 7.33. The van der Waals surface area contributed by atoms with Crippen LogP contribution in [0, 0.1) is 0 Å². The molecule has 0 atom stereocenters. The Morgan fingerprint density at radius 2 is 1.26 bits per heavy atom. The first kappa shape index (κ1) is 14.5. The van der Waals surface area contributed by atoms with Crippen molar-refractivity contribution in [2.75, 3.05) is 52.4 Å². The lowest BCUT2D eigenvalue weighted by molar-refractivity contribution is 0.263. The van der Waals surface area contributed by atoms with E-state index in [0.29, 0.717) is 0 Å². The normalized spacial score (nSPS) is 20.4. The van der Waals surface area contributed by atoms with E-state index < -0.39 is 0 Å². The average molecular weight is 262 g/mol. The molecule has 1 aromatic carbocycles. The second-order valence-electron chi connectivity index (χ2n) is 5.01. The van der Waals surface area contributed by atoms with E-state index in [4.69, 9.17) is 0 Å². The first-order chi connectivity index (χ1) is 9.45. The van der Waals surface area contributed by atoms with Crippen LogP contribution < -0.4 is 16.0 Å². The maximum absolute atomic E-state index is 3.49. The summed E-state index contributed by atoms with van der Waals surface area (Å²) >= 11 is 0. The Kier molecular flexibility index (Phi) is 6.89. The highest BCUT2D eigenvalue weighted by Gasteiger charge is 2.06. The fourth-order valence-corrected chi connectivity index (χ4v) is 2.31. The van der Waals surface area contributed by atoms with Gasteiger partial charge in [0.1, 0.15) is 0 Å². The monoisotopic (exact) mass is 262 g/mol. The summed E-state index contributed by atoms with van der Waals surface area (Å²) in [5.74, 6) is 0. The van der Waals surface area contributed by atoms with Crippen molar-refractivity contribution in [1.82, 2.24) is 20.9 Å². The lowest BCUT2D eigenvalue weighted by Gasteiger charge is -2.23. The molecule has 4 nitrogen and oxygen atoms in total. The van der Waals surface area contributed by atoms with Gasteiger partial charge in [-0.05, 0) is 5.56 Å². The van der Waals surface area contributed by atoms with Crippen molar-refractivity contribution < 1.29 is 0 Å². The molecule has 2 rings (SSSR count). The SMILES string of the molecule is c1ccc(CN2CCNCCNCCNCC2)cc1. The maximum Gasteiger partial charge on any atom is 0.0234 e. The molecule has 3 N–H and O–H groups in total. The summed E-state index contributed by atoms with van der Waals surface area (Å²) in [6, 6.07) is 10.7. The van der Waals surface area contributed by atoms with Crippen LogP contribution in [-0.2, 0) is 6.54 Å². The zero-order chi connectivity index (χ0) is 13.2. The Morgan fingerprint density at radius 3 is 1.84 bits per heavy atom. The summed E-state index contributed by atoms with van der Waals surface area (Å²) < 4.78 is 0. The van der Waals surface area contributed by atoms with Gasteiger partial charge in [-0.2, -0.15) is 0 Å². The van der Waals surface area contributed by atoms with Gasteiger partial charge in [0, 0.05) is 58.9 Å². The number of nitrogens with zero attached hydrogens (tertiary/aromatic N) is 1. The third kappa shape index (κ3) is 6.16. The number of rotatable bonds is 2. The molecule has 1 aliphatic rings. The molecule has 19 heavy (non-hydrogen) atoms. The molecule has 1 fully saturated rings. The van der Waals surface area contributed by atoms with Crippen molar-refractivity contribution in [1.29, 1.82) is 0 Å². The van der Waals surface area contributed by atoms with Crippen molar-refractivity contribution >= 4 is 0 Å². The van der Waals surface area contributed by atoms with Crippen molar-refractivity contribution in [3.63, 3.8) is 0 Å². The topological polar surface area (TPSA) is 39.3 Å². The fraction of sp³-hybridized carbons (Fsp3) is 0.600. The quantitative estimate of drug-likeness (QED) is 0.715. The third-order valence-electron chi connectivity index (χ3n) is 3.42. The van der Waals surface area contributed by atoms with Crippen LogP contribution >= 0.6 is 0 Å². The zero-order valence-electron chi connectivity index (χ0n) is 11.7. The van der Waals surface area contributed by atoms with Crippen LogP contribution in [0.1, 0.15) is 5.56 Å². The molecule has 0 radical (unpaired) electrons. The first-order valence-electron chi connectivity index (χ1n) is 7.33. The Labute approximate surface area is 116 Å². The summed E-state index contributed by atoms with van der Waals surface area (Å²) in [7, 11) is 0. The van der Waals surface area contributed by atoms with E-state index in [9.17, 15) is 0 Å². The van der Waals surface area contributed by atoms with E-state index in [-0.39, 0.29) is 0 Å². The minimum Gasteiger partial charge on any atom is -0.314 e. The van der Waals surface area contributed by atoms with Gasteiger partial charge in [0.25, 0.3) is 0 Å². The second kappa shape index (κ2) is 9.04. The van der Waals surface area contributed by atoms with Crippen LogP contribution in [0.4, 0.5) is 0 Å². The van der Waals surface area contributed by atoms with E-state index >= 15 is 0 Å². The summed E-state index contributed by atoms with van der Waals surface area (Å²) in [6.07, 6.45) is 0. The highest BCUT2D eigenvalue weighted by Crippen LogP contribution is 2.03. The Bertz CT molecular complexity index is 316. The lowest BCUT2D eigenvalue weighted by atomic mass is 10.2. The summed E-state index contributed by atoms with van der Waals surface area (Å²) in [4.78, 5) is 2.52. The molecule has 0 unspecified atom stereocenters. The molecule has 0 aliphatic carbocycles. The molecule has 0 amide bonds. The van der Waals surface area contributed by atoms with E-state index in [1.165, 1.54) is 5.56 Å². The van der Waals surface area contributed by atoms with Gasteiger partial charge in [-0.1, -0.05) is 30.3 Å². The van der Waals surface area contributed by atoms with Crippen molar-refractivity contribution in [2.24, 2.45) is 0 Å². The standard InChI is InChI=1S/C15H26N4/c1-2-4-15(5-3-1)14-19-12-10-17-8-6-16-7-9-18-11-13-19/h1-5,16-18H,6-14H2. The van der Waals surface area contributed by atoms with Crippen LogP contribution in [0.15, 0.2) is 30.3 Å². The molecule has 4 heteroatoms. The van der Waals surface area contributed by atoms with Gasteiger partial charge in [0.2, 0.25) is 0 Å². The molecule has 0 aromatic heterocycles. The lowest BCUT2D eigenvalue weighted by Crippen LogP contribution is -2.41. The Balaban J connectivity index is 1.81. The summed E-state index contributed by atoms with van der Waals surface area (Å²) in [5, 5.41) is 10.4. The van der Waals surface area contributed by atoms with Gasteiger partial charge in [-0.3, -0.25) is 4.90 Å². The molecule has 1 saturated heterocycles. The highest BCUT2D eigenvalue weighted by molar-refractivity contribution is 5.14. The van der Waals surface area contributed by atoms with Gasteiger partial charge in [0.15, 0.2) is 0 Å². The molecule has 1 heterocycles. The minimum absolute atomic E-state index is 1.04. The predicted molar refractivity (Wildman–Crippen MR) is 80.3 cm³/mol. The summed E-state index contributed by atoms with van der Waals surface area (Å²) in [6.45, 7) is 9.61. The third-order valence-corrected chi connectivity index (χ3v) is 3.42. The zero-order valence-corrected chi connectivity index (χ0v) is 11.7. The van der Waals surface area contributed by atoms with Crippen LogP contribution in [0.5, 0.6) is 0 Å². The molecular formula is C15H26N4. The molecule has 0 saturated carbocycles. The highest BCUT2D eigenvalue weighted by atomic mass is 15.2. The number of nitrogens with one attached hydrogen (secondary N) is 3.